The summed E-state index contributed by atoms with van der Waals surface area (Å²) in [6, 6.07) is 5.27. The fraction of sp³-hybridized carbons (Fsp3) is 0.538. The number of benzene rings is 1. The highest BCUT2D eigenvalue weighted by atomic mass is 19.1. The molecule has 0 heterocycles. The first-order valence-corrected chi connectivity index (χ1v) is 5.43. The number of halogens is 1. The number of ether oxygens (including phenoxy) is 1. The molecule has 0 saturated heterocycles. The standard InChI is InChI=1S/C13H17FO/c1-13(2,3)9-4-7-12(11(14)8-9)15-10-5-6-10/h4,7-8,10H,5-6H2,1-3H3. The third-order valence-electron chi connectivity index (χ3n) is 2.62. The van der Waals surface area contributed by atoms with Crippen LogP contribution in [0.2, 0.25) is 0 Å². The molecule has 82 valence electrons. The van der Waals surface area contributed by atoms with E-state index < -0.39 is 0 Å². The van der Waals surface area contributed by atoms with Crippen molar-refractivity contribution in [3.8, 4) is 5.75 Å². The third-order valence-corrected chi connectivity index (χ3v) is 2.62. The Balaban J connectivity index is 2.21. The Morgan fingerprint density at radius 2 is 1.93 bits per heavy atom. The monoisotopic (exact) mass is 208 g/mol. The van der Waals surface area contributed by atoms with Crippen LogP contribution >= 0.6 is 0 Å². The van der Waals surface area contributed by atoms with E-state index in [2.05, 4.69) is 20.8 Å². The lowest BCUT2D eigenvalue weighted by molar-refractivity contribution is 0.287. The van der Waals surface area contributed by atoms with Crippen LogP contribution in [0.5, 0.6) is 5.75 Å². The first-order valence-electron chi connectivity index (χ1n) is 5.43. The highest BCUT2D eigenvalue weighted by Crippen LogP contribution is 2.31. The van der Waals surface area contributed by atoms with Gasteiger partial charge in [-0.1, -0.05) is 26.8 Å². The summed E-state index contributed by atoms with van der Waals surface area (Å²) < 4.78 is 19.1. The molecule has 0 bridgehead atoms. The van der Waals surface area contributed by atoms with Gasteiger partial charge in [0.2, 0.25) is 0 Å². The summed E-state index contributed by atoms with van der Waals surface area (Å²) in [4.78, 5) is 0. The lowest BCUT2D eigenvalue weighted by Gasteiger charge is -2.19. The molecule has 15 heavy (non-hydrogen) atoms. The molecule has 0 spiro atoms. The Labute approximate surface area is 90.3 Å². The van der Waals surface area contributed by atoms with Gasteiger partial charge in [0.05, 0.1) is 6.10 Å². The van der Waals surface area contributed by atoms with Gasteiger partial charge in [0, 0.05) is 0 Å². The van der Waals surface area contributed by atoms with E-state index >= 15 is 0 Å². The maximum atomic E-state index is 13.6. The SMILES string of the molecule is CC(C)(C)c1ccc(OC2CC2)c(F)c1. The number of rotatable bonds is 2. The van der Waals surface area contributed by atoms with Crippen molar-refractivity contribution in [1.29, 1.82) is 0 Å². The van der Waals surface area contributed by atoms with Crippen LogP contribution in [0.3, 0.4) is 0 Å². The molecule has 0 amide bonds. The van der Waals surface area contributed by atoms with Crippen molar-refractivity contribution >= 4 is 0 Å². The van der Waals surface area contributed by atoms with E-state index in [1.807, 2.05) is 6.07 Å². The quantitative estimate of drug-likeness (QED) is 0.720. The van der Waals surface area contributed by atoms with E-state index in [4.69, 9.17) is 4.74 Å². The minimum atomic E-state index is -0.241. The predicted octanol–water partition coefficient (Wildman–Crippen LogP) is 3.66. The largest absolute Gasteiger partial charge is 0.487 e. The van der Waals surface area contributed by atoms with Crippen LogP contribution in [0, 0.1) is 5.82 Å². The zero-order valence-electron chi connectivity index (χ0n) is 9.51. The number of hydrogen-bond acceptors (Lipinski definition) is 1. The van der Waals surface area contributed by atoms with Crippen molar-refractivity contribution in [1.82, 2.24) is 0 Å². The minimum Gasteiger partial charge on any atom is -0.487 e. The topological polar surface area (TPSA) is 9.23 Å². The maximum absolute atomic E-state index is 13.6. The van der Waals surface area contributed by atoms with Crippen molar-refractivity contribution in [2.75, 3.05) is 0 Å². The van der Waals surface area contributed by atoms with E-state index in [1.165, 1.54) is 0 Å². The normalized spacial score (nSPS) is 16.5. The van der Waals surface area contributed by atoms with Gasteiger partial charge in [-0.25, -0.2) is 4.39 Å². The molecule has 0 unspecified atom stereocenters. The molecule has 0 aromatic heterocycles. The second kappa shape index (κ2) is 3.51. The van der Waals surface area contributed by atoms with E-state index in [1.54, 1.807) is 12.1 Å². The summed E-state index contributed by atoms with van der Waals surface area (Å²) in [5.41, 5.74) is 0.988. The highest BCUT2D eigenvalue weighted by Gasteiger charge is 2.25. The predicted molar refractivity (Wildman–Crippen MR) is 58.8 cm³/mol. The van der Waals surface area contributed by atoms with E-state index in [0.29, 0.717) is 5.75 Å². The molecule has 0 N–H and O–H groups in total. The molecule has 1 aliphatic carbocycles. The molecule has 2 heteroatoms. The van der Waals surface area contributed by atoms with Crippen LogP contribution in [0.4, 0.5) is 4.39 Å². The van der Waals surface area contributed by atoms with E-state index in [0.717, 1.165) is 18.4 Å². The highest BCUT2D eigenvalue weighted by molar-refractivity contribution is 5.33. The van der Waals surface area contributed by atoms with Gasteiger partial charge in [0.1, 0.15) is 0 Å². The molecule has 1 aromatic carbocycles. The van der Waals surface area contributed by atoms with Crippen molar-refractivity contribution in [3.63, 3.8) is 0 Å². The van der Waals surface area contributed by atoms with Crippen molar-refractivity contribution in [3.05, 3.63) is 29.6 Å². The molecule has 1 fully saturated rings. The first kappa shape index (κ1) is 10.5. The third kappa shape index (κ3) is 2.49. The fourth-order valence-electron chi connectivity index (χ4n) is 1.43. The summed E-state index contributed by atoms with van der Waals surface area (Å²) in [7, 11) is 0. The molecule has 1 aromatic rings. The summed E-state index contributed by atoms with van der Waals surface area (Å²) in [6.07, 6.45) is 2.36. The van der Waals surface area contributed by atoms with Gasteiger partial charge in [-0.05, 0) is 36.0 Å². The molecule has 1 aliphatic rings. The average molecular weight is 208 g/mol. The molecular formula is C13H17FO. The Morgan fingerprint density at radius 3 is 2.40 bits per heavy atom. The lowest BCUT2D eigenvalue weighted by Crippen LogP contribution is -2.11. The van der Waals surface area contributed by atoms with E-state index in [9.17, 15) is 4.39 Å². The van der Waals surface area contributed by atoms with Crippen LogP contribution in [0.15, 0.2) is 18.2 Å². The molecule has 1 nitrogen and oxygen atoms in total. The second-order valence-corrected chi connectivity index (χ2v) is 5.21. The summed E-state index contributed by atoms with van der Waals surface area (Å²) >= 11 is 0. The van der Waals surface area contributed by atoms with Gasteiger partial charge in [-0.2, -0.15) is 0 Å². The molecule has 0 atom stereocenters. The van der Waals surface area contributed by atoms with Gasteiger partial charge in [0.15, 0.2) is 11.6 Å². The Kier molecular flexibility index (Phi) is 2.45. The van der Waals surface area contributed by atoms with Crippen molar-refractivity contribution in [2.45, 2.75) is 45.1 Å². The number of hydrogen-bond donors (Lipinski definition) is 0. The van der Waals surface area contributed by atoms with Gasteiger partial charge >= 0.3 is 0 Å². The van der Waals surface area contributed by atoms with Crippen LogP contribution in [-0.4, -0.2) is 6.10 Å². The van der Waals surface area contributed by atoms with Crippen LogP contribution in [-0.2, 0) is 5.41 Å². The Morgan fingerprint density at radius 1 is 1.27 bits per heavy atom. The van der Waals surface area contributed by atoms with Crippen molar-refractivity contribution < 1.29 is 9.13 Å². The van der Waals surface area contributed by atoms with Gasteiger partial charge in [0.25, 0.3) is 0 Å². The van der Waals surface area contributed by atoms with Crippen LogP contribution < -0.4 is 4.74 Å². The zero-order chi connectivity index (χ0) is 11.1. The van der Waals surface area contributed by atoms with Gasteiger partial charge in [-0.15, -0.1) is 0 Å². The average Bonchev–Trinajstić information content (AvgIpc) is 2.90. The molecule has 0 radical (unpaired) electrons. The van der Waals surface area contributed by atoms with Crippen LogP contribution in [0.1, 0.15) is 39.2 Å². The molecule has 0 aliphatic heterocycles. The summed E-state index contributed by atoms with van der Waals surface area (Å²) in [5, 5.41) is 0. The van der Waals surface area contributed by atoms with E-state index in [-0.39, 0.29) is 17.3 Å². The molecule has 1 saturated carbocycles. The zero-order valence-corrected chi connectivity index (χ0v) is 9.51. The summed E-state index contributed by atoms with van der Waals surface area (Å²) in [6.45, 7) is 6.22. The Bertz CT molecular complexity index is 361. The second-order valence-electron chi connectivity index (χ2n) is 5.21. The molecule has 2 rings (SSSR count). The fourth-order valence-corrected chi connectivity index (χ4v) is 1.43. The van der Waals surface area contributed by atoms with Gasteiger partial charge < -0.3 is 4.74 Å². The van der Waals surface area contributed by atoms with Crippen molar-refractivity contribution in [2.24, 2.45) is 0 Å². The first-order chi connectivity index (χ1) is 6.97. The lowest BCUT2D eigenvalue weighted by atomic mass is 9.87. The van der Waals surface area contributed by atoms with Crippen LogP contribution in [0.25, 0.3) is 0 Å². The Hall–Kier alpha value is -1.05. The maximum Gasteiger partial charge on any atom is 0.165 e. The molecular weight excluding hydrogens is 191 g/mol. The van der Waals surface area contributed by atoms with Gasteiger partial charge in [-0.3, -0.25) is 0 Å². The summed E-state index contributed by atoms with van der Waals surface area (Å²) in [5.74, 6) is 0.153. The smallest absolute Gasteiger partial charge is 0.165 e. The minimum absolute atomic E-state index is 0.0149.